The first-order valence-electron chi connectivity index (χ1n) is 7.72. The Morgan fingerprint density at radius 2 is 1.64 bits per heavy atom. The Morgan fingerprint density at radius 3 is 2.14 bits per heavy atom. The van der Waals surface area contributed by atoms with Crippen molar-refractivity contribution >= 4 is 12.6 Å². The van der Waals surface area contributed by atoms with Crippen LogP contribution in [0.2, 0.25) is 0 Å². The highest BCUT2D eigenvalue weighted by Gasteiger charge is 2.51. The lowest BCUT2D eigenvalue weighted by atomic mass is 9.79. The number of imidazole rings is 1. The molecule has 0 atom stereocenters. The minimum absolute atomic E-state index is 0.288. The number of benzene rings is 1. The molecule has 0 saturated carbocycles. The molecule has 0 radical (unpaired) electrons. The molecule has 4 nitrogen and oxygen atoms in total. The molecule has 1 fully saturated rings. The minimum Gasteiger partial charge on any atom is -0.399 e. The summed E-state index contributed by atoms with van der Waals surface area (Å²) < 4.78 is 16.4. The van der Waals surface area contributed by atoms with E-state index in [1.165, 1.54) is 5.56 Å². The Balaban J connectivity index is 1.72. The number of aryl methyl sites for hydroxylation is 1. The predicted molar refractivity (Wildman–Crippen MR) is 86.9 cm³/mol. The molecule has 0 amide bonds. The molecule has 0 bridgehead atoms. The average molecular weight is 299 g/mol. The van der Waals surface area contributed by atoms with Gasteiger partial charge in [-0.3, -0.25) is 0 Å². The summed E-state index contributed by atoms with van der Waals surface area (Å²) in [5.74, 6) is 0. The van der Waals surface area contributed by atoms with Crippen LogP contribution in [0.1, 0.15) is 33.3 Å². The van der Waals surface area contributed by atoms with E-state index in [9.17, 15) is 0 Å². The highest BCUT2D eigenvalue weighted by molar-refractivity contribution is 6.62. The largest absolute Gasteiger partial charge is 0.494 e. The molecule has 1 saturated heterocycles. The third kappa shape index (κ3) is 2.83. The second-order valence-electron chi connectivity index (χ2n) is 7.08. The standard InChI is InChI=1S/C17H24BN2O2/c1-16(2)17(3,4)22-18(21-16)15-8-6-14(7-9-15)12-20-11-10-19(5)13-20/h6-11,13H,12H2,1-5H3/q+1. The molecule has 3 rings (SSSR count). The van der Waals surface area contributed by atoms with Crippen LogP contribution in [0.3, 0.4) is 0 Å². The summed E-state index contributed by atoms with van der Waals surface area (Å²) in [7, 11) is 1.74. The van der Waals surface area contributed by atoms with Crippen molar-refractivity contribution in [1.29, 1.82) is 0 Å². The van der Waals surface area contributed by atoms with Gasteiger partial charge in [-0.1, -0.05) is 24.3 Å². The zero-order chi connectivity index (χ0) is 16.0. The van der Waals surface area contributed by atoms with Gasteiger partial charge in [-0.15, -0.1) is 0 Å². The van der Waals surface area contributed by atoms with Gasteiger partial charge in [0.25, 0.3) is 0 Å². The van der Waals surface area contributed by atoms with Crippen LogP contribution in [0.5, 0.6) is 0 Å². The van der Waals surface area contributed by atoms with E-state index in [2.05, 4.69) is 69.1 Å². The van der Waals surface area contributed by atoms with Gasteiger partial charge in [-0.05, 0) is 38.7 Å². The van der Waals surface area contributed by atoms with Crippen molar-refractivity contribution in [3.63, 3.8) is 0 Å². The average Bonchev–Trinajstić information content (AvgIpc) is 2.92. The fraction of sp³-hybridized carbons (Fsp3) is 0.471. The van der Waals surface area contributed by atoms with Gasteiger partial charge < -0.3 is 9.31 Å². The van der Waals surface area contributed by atoms with Gasteiger partial charge in [-0.2, -0.15) is 0 Å². The third-order valence-electron chi connectivity index (χ3n) is 4.69. The predicted octanol–water partition coefficient (Wildman–Crippen LogP) is 1.66. The summed E-state index contributed by atoms with van der Waals surface area (Å²) in [5, 5.41) is 0. The van der Waals surface area contributed by atoms with Gasteiger partial charge in [-0.25, -0.2) is 9.13 Å². The number of rotatable bonds is 3. The van der Waals surface area contributed by atoms with E-state index in [0.717, 1.165) is 12.0 Å². The van der Waals surface area contributed by atoms with E-state index < -0.39 is 0 Å². The SMILES string of the molecule is C[n+]1ccn(Cc2ccc(B3OC(C)(C)C(C)(C)O3)cc2)c1. The quantitative estimate of drug-likeness (QED) is 0.637. The van der Waals surface area contributed by atoms with Gasteiger partial charge in [0, 0.05) is 0 Å². The van der Waals surface area contributed by atoms with Gasteiger partial charge in [0.05, 0.1) is 18.2 Å². The van der Waals surface area contributed by atoms with Crippen molar-refractivity contribution in [3.8, 4) is 0 Å². The third-order valence-corrected chi connectivity index (χ3v) is 4.69. The fourth-order valence-electron chi connectivity index (χ4n) is 2.57. The van der Waals surface area contributed by atoms with Crippen LogP contribution in [0.4, 0.5) is 0 Å². The molecule has 1 aromatic carbocycles. The first-order chi connectivity index (χ1) is 10.3. The van der Waals surface area contributed by atoms with Crippen LogP contribution < -0.4 is 10.0 Å². The molecule has 22 heavy (non-hydrogen) atoms. The summed E-state index contributed by atoms with van der Waals surface area (Å²) in [6.07, 6.45) is 6.18. The second-order valence-corrected chi connectivity index (χ2v) is 7.08. The normalized spacial score (nSPS) is 19.6. The van der Waals surface area contributed by atoms with E-state index in [1.54, 1.807) is 0 Å². The van der Waals surface area contributed by atoms with Crippen molar-refractivity contribution in [2.45, 2.75) is 45.4 Å². The maximum absolute atomic E-state index is 6.08. The first-order valence-corrected chi connectivity index (χ1v) is 7.72. The van der Waals surface area contributed by atoms with E-state index >= 15 is 0 Å². The topological polar surface area (TPSA) is 27.3 Å². The molecular formula is C17H24BN2O2+. The number of hydrogen-bond donors (Lipinski definition) is 0. The molecular weight excluding hydrogens is 275 g/mol. The zero-order valence-corrected chi connectivity index (χ0v) is 14.0. The van der Waals surface area contributed by atoms with Crippen molar-refractivity contribution in [1.82, 2.24) is 4.57 Å². The molecule has 116 valence electrons. The van der Waals surface area contributed by atoms with Gasteiger partial charge >= 0.3 is 7.12 Å². The number of aromatic nitrogens is 2. The second kappa shape index (κ2) is 5.25. The van der Waals surface area contributed by atoms with E-state index in [0.29, 0.717) is 0 Å². The van der Waals surface area contributed by atoms with Crippen LogP contribution >= 0.6 is 0 Å². The molecule has 0 aliphatic carbocycles. The van der Waals surface area contributed by atoms with E-state index in [-0.39, 0.29) is 18.3 Å². The van der Waals surface area contributed by atoms with Crippen LogP contribution in [0.25, 0.3) is 0 Å². The van der Waals surface area contributed by atoms with E-state index in [4.69, 9.17) is 9.31 Å². The molecule has 1 aliphatic heterocycles. The summed E-state index contributed by atoms with van der Waals surface area (Å²) >= 11 is 0. The van der Waals surface area contributed by atoms with Gasteiger partial charge in [0.15, 0.2) is 0 Å². The molecule has 1 aromatic heterocycles. The molecule has 0 spiro atoms. The molecule has 2 heterocycles. The molecule has 0 N–H and O–H groups in total. The Labute approximate surface area is 132 Å². The Bertz CT molecular complexity index is 646. The first kappa shape index (κ1) is 15.3. The molecule has 2 aromatic rings. The van der Waals surface area contributed by atoms with Crippen LogP contribution in [0.15, 0.2) is 43.0 Å². The van der Waals surface area contributed by atoms with Crippen molar-refractivity contribution < 1.29 is 13.9 Å². The highest BCUT2D eigenvalue weighted by atomic mass is 16.7. The monoisotopic (exact) mass is 299 g/mol. The minimum atomic E-state index is -0.295. The Morgan fingerprint density at radius 1 is 1.05 bits per heavy atom. The lowest BCUT2D eigenvalue weighted by Gasteiger charge is -2.32. The summed E-state index contributed by atoms with van der Waals surface area (Å²) in [6.45, 7) is 9.17. The molecule has 1 aliphatic rings. The molecule has 5 heteroatoms. The van der Waals surface area contributed by atoms with Crippen molar-refractivity contribution in [2.24, 2.45) is 7.05 Å². The maximum atomic E-state index is 6.08. The number of hydrogen-bond acceptors (Lipinski definition) is 2. The zero-order valence-electron chi connectivity index (χ0n) is 14.0. The van der Waals surface area contributed by atoms with E-state index in [1.807, 2.05) is 17.8 Å². The van der Waals surface area contributed by atoms with Gasteiger partial charge in [0.1, 0.15) is 18.9 Å². The fourth-order valence-corrected chi connectivity index (χ4v) is 2.57. The lowest BCUT2D eigenvalue weighted by molar-refractivity contribution is -0.671. The summed E-state index contributed by atoms with van der Waals surface area (Å²) in [5.41, 5.74) is 1.74. The van der Waals surface area contributed by atoms with Crippen molar-refractivity contribution in [2.75, 3.05) is 0 Å². The van der Waals surface area contributed by atoms with Crippen LogP contribution in [0, 0.1) is 0 Å². The maximum Gasteiger partial charge on any atom is 0.494 e. The van der Waals surface area contributed by atoms with Crippen molar-refractivity contribution in [3.05, 3.63) is 48.5 Å². The van der Waals surface area contributed by atoms with Gasteiger partial charge in [0.2, 0.25) is 6.33 Å². The smallest absolute Gasteiger partial charge is 0.399 e. The molecule has 0 unspecified atom stereocenters. The summed E-state index contributed by atoms with van der Waals surface area (Å²) in [6, 6.07) is 8.47. The van der Waals surface area contributed by atoms with Crippen LogP contribution in [-0.4, -0.2) is 22.9 Å². The Hall–Kier alpha value is -1.59. The Kier molecular flexibility index (Phi) is 3.65. The van der Waals surface area contributed by atoms with Crippen LogP contribution in [-0.2, 0) is 22.9 Å². The lowest BCUT2D eigenvalue weighted by Crippen LogP contribution is -2.41. The highest BCUT2D eigenvalue weighted by Crippen LogP contribution is 2.36. The summed E-state index contributed by atoms with van der Waals surface area (Å²) in [4.78, 5) is 0. The number of nitrogens with zero attached hydrogens (tertiary/aromatic N) is 2.